The van der Waals surface area contributed by atoms with Crippen LogP contribution in [0.25, 0.3) is 6.08 Å². The largest absolute Gasteiger partial charge is 0.493 e. The van der Waals surface area contributed by atoms with Crippen LogP contribution in [0.3, 0.4) is 0 Å². The molecular weight excluding hydrogens is 346 g/mol. The molecule has 0 radical (unpaired) electrons. The number of sulfone groups is 1. The number of rotatable bonds is 6. The number of methoxy groups -OCH3 is 3. The Morgan fingerprint density at radius 3 is 2.20 bits per heavy atom. The Morgan fingerprint density at radius 2 is 1.76 bits per heavy atom. The van der Waals surface area contributed by atoms with Crippen molar-refractivity contribution in [1.82, 2.24) is 4.90 Å². The van der Waals surface area contributed by atoms with Crippen molar-refractivity contribution >= 4 is 21.8 Å². The van der Waals surface area contributed by atoms with Crippen molar-refractivity contribution in [3.8, 4) is 17.2 Å². The molecule has 0 bridgehead atoms. The zero-order valence-electron chi connectivity index (χ0n) is 14.8. The van der Waals surface area contributed by atoms with Crippen LogP contribution < -0.4 is 14.2 Å². The molecule has 1 aromatic carbocycles. The Balaban J connectivity index is 2.15. The van der Waals surface area contributed by atoms with Gasteiger partial charge >= 0.3 is 0 Å². The Hall–Kier alpha value is -2.22. The number of carbonyl (C=O) groups excluding carboxylic acids is 1. The molecule has 1 fully saturated rings. The Kier molecular flexibility index (Phi) is 5.94. The van der Waals surface area contributed by atoms with Crippen LogP contribution in [0.2, 0.25) is 0 Å². The first-order valence-electron chi connectivity index (χ1n) is 7.76. The van der Waals surface area contributed by atoms with Crippen molar-refractivity contribution in [3.05, 3.63) is 23.8 Å². The van der Waals surface area contributed by atoms with Crippen molar-refractivity contribution in [2.75, 3.05) is 40.7 Å². The summed E-state index contributed by atoms with van der Waals surface area (Å²) in [6, 6.07) is 3.46. The highest BCUT2D eigenvalue weighted by Crippen LogP contribution is 2.38. The predicted octanol–water partition coefficient (Wildman–Crippen LogP) is 1.37. The number of nitrogens with zero attached hydrogens (tertiary/aromatic N) is 1. The summed E-state index contributed by atoms with van der Waals surface area (Å²) in [5.41, 5.74) is 0.710. The maximum Gasteiger partial charge on any atom is 0.246 e. The molecule has 1 heterocycles. The molecule has 2 rings (SSSR count). The minimum Gasteiger partial charge on any atom is -0.493 e. The highest BCUT2D eigenvalue weighted by molar-refractivity contribution is 7.91. The molecule has 8 heteroatoms. The first kappa shape index (κ1) is 19.1. The topological polar surface area (TPSA) is 82.1 Å². The number of ether oxygens (including phenoxy) is 3. The van der Waals surface area contributed by atoms with Gasteiger partial charge in [-0.2, -0.15) is 0 Å². The summed E-state index contributed by atoms with van der Waals surface area (Å²) in [6.07, 6.45) is 4.74. The molecule has 7 nitrogen and oxygen atoms in total. The second-order valence-electron chi connectivity index (χ2n) is 5.82. The minimum atomic E-state index is -3.13. The molecule has 1 aliphatic heterocycles. The highest BCUT2D eigenvalue weighted by atomic mass is 32.2. The number of hydrogen-bond donors (Lipinski definition) is 0. The van der Waals surface area contributed by atoms with Gasteiger partial charge in [-0.15, -0.1) is 0 Å². The minimum absolute atomic E-state index is 0.222. The fourth-order valence-corrected chi connectivity index (χ4v) is 3.73. The van der Waals surface area contributed by atoms with Crippen molar-refractivity contribution in [1.29, 1.82) is 0 Å². The number of carbonyl (C=O) groups is 1. The lowest BCUT2D eigenvalue weighted by Gasteiger charge is -2.14. The van der Waals surface area contributed by atoms with Crippen LogP contribution in [0.15, 0.2) is 18.2 Å². The van der Waals surface area contributed by atoms with E-state index in [1.165, 1.54) is 33.7 Å². The van der Waals surface area contributed by atoms with Crippen LogP contribution in [0, 0.1) is 0 Å². The van der Waals surface area contributed by atoms with Gasteiger partial charge in [0.1, 0.15) is 0 Å². The number of benzene rings is 1. The maximum atomic E-state index is 12.3. The zero-order chi connectivity index (χ0) is 18.6. The fraction of sp³-hybridized carbons (Fsp3) is 0.471. The molecule has 1 amide bonds. The number of likely N-dealkylation sites (tertiary alicyclic amines) is 1. The maximum absolute atomic E-state index is 12.3. The molecule has 0 aromatic heterocycles. The van der Waals surface area contributed by atoms with Crippen molar-refractivity contribution in [2.24, 2.45) is 0 Å². The lowest BCUT2D eigenvalue weighted by molar-refractivity contribution is -0.124. The van der Waals surface area contributed by atoms with Crippen LogP contribution in [0.5, 0.6) is 17.2 Å². The van der Waals surface area contributed by atoms with Gasteiger partial charge in [0.25, 0.3) is 0 Å². The average molecular weight is 369 g/mol. The van der Waals surface area contributed by atoms with Gasteiger partial charge in [-0.1, -0.05) is 0 Å². The summed E-state index contributed by atoms with van der Waals surface area (Å²) >= 11 is 0. The van der Waals surface area contributed by atoms with E-state index in [0.29, 0.717) is 35.8 Å². The van der Waals surface area contributed by atoms with E-state index in [9.17, 15) is 13.2 Å². The van der Waals surface area contributed by atoms with E-state index in [1.54, 1.807) is 23.1 Å². The van der Waals surface area contributed by atoms with Crippen LogP contribution in [-0.4, -0.2) is 65.1 Å². The number of hydrogen-bond acceptors (Lipinski definition) is 6. The molecule has 138 valence electrons. The molecular formula is C17H23NO6S. The van der Waals surface area contributed by atoms with Crippen LogP contribution in [0.1, 0.15) is 12.0 Å². The molecule has 0 saturated carbocycles. The van der Waals surface area contributed by atoms with Crippen LogP contribution >= 0.6 is 0 Å². The third kappa shape index (κ3) is 4.45. The van der Waals surface area contributed by atoms with Gasteiger partial charge in [0.05, 0.1) is 26.6 Å². The van der Waals surface area contributed by atoms with E-state index in [1.807, 2.05) is 0 Å². The molecule has 1 atom stereocenters. The highest BCUT2D eigenvalue weighted by Gasteiger charge is 2.31. The second-order valence-corrected chi connectivity index (χ2v) is 8.14. The van der Waals surface area contributed by atoms with E-state index in [2.05, 4.69) is 0 Å². The lowest BCUT2D eigenvalue weighted by atomic mass is 10.1. The molecule has 25 heavy (non-hydrogen) atoms. The van der Waals surface area contributed by atoms with Gasteiger partial charge in [0.15, 0.2) is 21.3 Å². The first-order valence-corrected chi connectivity index (χ1v) is 9.71. The van der Waals surface area contributed by atoms with E-state index in [-0.39, 0.29) is 12.5 Å². The quantitative estimate of drug-likeness (QED) is 0.705. The van der Waals surface area contributed by atoms with E-state index < -0.39 is 15.1 Å². The lowest BCUT2D eigenvalue weighted by Crippen LogP contribution is -2.30. The van der Waals surface area contributed by atoms with Crippen LogP contribution in [0.4, 0.5) is 0 Å². The third-order valence-corrected chi connectivity index (χ3v) is 5.76. The van der Waals surface area contributed by atoms with E-state index >= 15 is 0 Å². The zero-order valence-corrected chi connectivity index (χ0v) is 15.6. The second kappa shape index (κ2) is 7.77. The summed E-state index contributed by atoms with van der Waals surface area (Å²) < 4.78 is 39.0. The van der Waals surface area contributed by atoms with Gasteiger partial charge in [0.2, 0.25) is 11.7 Å². The summed E-state index contributed by atoms with van der Waals surface area (Å²) in [6.45, 7) is 0.674. The number of amides is 1. The summed E-state index contributed by atoms with van der Waals surface area (Å²) in [5.74, 6) is 1.24. The van der Waals surface area contributed by atoms with Crippen LogP contribution in [-0.2, 0) is 14.6 Å². The Bertz CT molecular complexity index is 746. The van der Waals surface area contributed by atoms with E-state index in [4.69, 9.17) is 14.2 Å². The molecule has 0 spiro atoms. The van der Waals surface area contributed by atoms with Gasteiger partial charge in [-0.05, 0) is 30.2 Å². The van der Waals surface area contributed by atoms with Gasteiger partial charge in [-0.25, -0.2) is 8.42 Å². The third-order valence-electron chi connectivity index (χ3n) is 4.17. The van der Waals surface area contributed by atoms with Crippen molar-refractivity contribution in [3.63, 3.8) is 0 Å². The smallest absolute Gasteiger partial charge is 0.246 e. The molecule has 1 saturated heterocycles. The Morgan fingerprint density at radius 1 is 1.16 bits per heavy atom. The molecule has 0 aliphatic carbocycles. The van der Waals surface area contributed by atoms with Crippen molar-refractivity contribution in [2.45, 2.75) is 11.7 Å². The monoisotopic (exact) mass is 369 g/mol. The summed E-state index contributed by atoms with van der Waals surface area (Å²) in [5, 5.41) is -0.481. The predicted molar refractivity (Wildman–Crippen MR) is 95.0 cm³/mol. The van der Waals surface area contributed by atoms with Gasteiger partial charge in [-0.3, -0.25) is 4.79 Å². The Labute approximate surface area is 148 Å². The first-order chi connectivity index (χ1) is 11.8. The average Bonchev–Trinajstić information content (AvgIpc) is 3.09. The molecule has 1 aromatic rings. The molecule has 1 unspecified atom stereocenters. The van der Waals surface area contributed by atoms with Gasteiger partial charge in [0, 0.05) is 25.4 Å². The molecule has 0 N–H and O–H groups in total. The van der Waals surface area contributed by atoms with Crippen molar-refractivity contribution < 1.29 is 27.4 Å². The van der Waals surface area contributed by atoms with Gasteiger partial charge < -0.3 is 19.1 Å². The normalized spacial score (nSPS) is 17.8. The van der Waals surface area contributed by atoms with E-state index in [0.717, 1.165) is 0 Å². The molecule has 1 aliphatic rings. The summed E-state index contributed by atoms with van der Waals surface area (Å²) in [7, 11) is 1.43. The summed E-state index contributed by atoms with van der Waals surface area (Å²) in [4.78, 5) is 13.8. The fourth-order valence-electron chi connectivity index (χ4n) is 2.75. The SMILES string of the molecule is COc1cc(/C=C/C(=O)N2CCC(S(C)(=O)=O)C2)cc(OC)c1OC. The standard InChI is InChI=1S/C17H23NO6S/c1-22-14-9-12(10-15(23-2)17(14)24-3)5-6-16(19)18-8-7-13(11-18)25(4,20)21/h5-6,9-10,13H,7-8,11H2,1-4H3/b6-5+.